The highest BCUT2D eigenvalue weighted by atomic mass is 35.5. The summed E-state index contributed by atoms with van der Waals surface area (Å²) in [6, 6.07) is 9.15. The summed E-state index contributed by atoms with van der Waals surface area (Å²) in [6.45, 7) is 0. The van der Waals surface area contributed by atoms with Crippen molar-refractivity contribution in [3.63, 3.8) is 0 Å². The normalized spacial score (nSPS) is 10.1. The van der Waals surface area contributed by atoms with Gasteiger partial charge in [0, 0.05) is 51.8 Å². The molecule has 2 rings (SSSR count). The molecule has 0 aliphatic rings. The molecule has 2 aromatic carbocycles. The van der Waals surface area contributed by atoms with Crippen molar-refractivity contribution in [1.82, 2.24) is 4.90 Å². The average Bonchev–Trinajstić information content (AvgIpc) is 2.50. The van der Waals surface area contributed by atoms with E-state index in [0.717, 1.165) is 0 Å². The van der Waals surface area contributed by atoms with Gasteiger partial charge in [0.1, 0.15) is 5.57 Å². The molecule has 0 radical (unpaired) electrons. The first-order valence-electron chi connectivity index (χ1n) is 7.57. The van der Waals surface area contributed by atoms with Crippen molar-refractivity contribution >= 4 is 69.6 Å². The second-order valence-electron chi connectivity index (χ2n) is 5.73. The van der Waals surface area contributed by atoms with Gasteiger partial charge < -0.3 is 15.5 Å². The Bertz CT molecular complexity index is 805. The summed E-state index contributed by atoms with van der Waals surface area (Å²) in [5.41, 5.74) is 0.591. The first-order chi connectivity index (χ1) is 12.6. The number of benzene rings is 2. The maximum absolute atomic E-state index is 12.6. The molecule has 0 aliphatic heterocycles. The maximum atomic E-state index is 12.6. The molecule has 0 heterocycles. The van der Waals surface area contributed by atoms with Gasteiger partial charge in [-0.15, -0.1) is 0 Å². The van der Waals surface area contributed by atoms with E-state index >= 15 is 0 Å². The van der Waals surface area contributed by atoms with Crippen LogP contribution in [-0.4, -0.2) is 30.8 Å². The largest absolute Gasteiger partial charge is 0.383 e. The zero-order chi connectivity index (χ0) is 20.1. The molecule has 142 valence electrons. The van der Waals surface area contributed by atoms with Crippen molar-refractivity contribution in [3.05, 3.63) is 68.3 Å². The number of nitrogens with one attached hydrogen (secondary N) is 2. The van der Waals surface area contributed by atoms with E-state index in [1.165, 1.54) is 42.6 Å². The van der Waals surface area contributed by atoms with Gasteiger partial charge in [0.25, 0.3) is 11.8 Å². The van der Waals surface area contributed by atoms with E-state index in [-0.39, 0.29) is 5.57 Å². The summed E-state index contributed by atoms with van der Waals surface area (Å²) in [5, 5.41) is 6.63. The lowest BCUT2D eigenvalue weighted by atomic mass is 10.2. The monoisotopic (exact) mass is 445 g/mol. The van der Waals surface area contributed by atoms with Gasteiger partial charge in [-0.2, -0.15) is 0 Å². The Kier molecular flexibility index (Phi) is 7.39. The zero-order valence-electron chi connectivity index (χ0n) is 14.3. The molecule has 0 atom stereocenters. The van der Waals surface area contributed by atoms with Crippen LogP contribution in [0.5, 0.6) is 0 Å². The van der Waals surface area contributed by atoms with Crippen molar-refractivity contribution in [2.24, 2.45) is 0 Å². The van der Waals surface area contributed by atoms with Crippen molar-refractivity contribution in [2.75, 3.05) is 24.7 Å². The molecule has 0 saturated heterocycles. The van der Waals surface area contributed by atoms with Crippen LogP contribution in [-0.2, 0) is 9.59 Å². The summed E-state index contributed by atoms with van der Waals surface area (Å²) in [6.07, 6.45) is 1.39. The Hall–Kier alpha value is -1.92. The summed E-state index contributed by atoms with van der Waals surface area (Å²) >= 11 is 23.7. The Labute approximate surface area is 176 Å². The molecule has 0 fully saturated rings. The lowest BCUT2D eigenvalue weighted by Gasteiger charge is -2.13. The number of carbonyl (C=O) groups is 2. The third-order valence-corrected chi connectivity index (χ3v) is 3.99. The summed E-state index contributed by atoms with van der Waals surface area (Å²) in [7, 11) is 3.38. The van der Waals surface area contributed by atoms with Gasteiger partial charge in [-0.1, -0.05) is 46.4 Å². The summed E-state index contributed by atoms with van der Waals surface area (Å²) in [5.74, 6) is -1.26. The fourth-order valence-corrected chi connectivity index (χ4v) is 3.18. The van der Waals surface area contributed by atoms with E-state index in [4.69, 9.17) is 46.4 Å². The first kappa shape index (κ1) is 21.4. The fraction of sp³-hybridized carbons (Fsp3) is 0.111. The molecule has 2 aromatic rings. The Morgan fingerprint density at radius 2 is 1.07 bits per heavy atom. The molecule has 2 amide bonds. The summed E-state index contributed by atoms with van der Waals surface area (Å²) in [4.78, 5) is 26.8. The van der Waals surface area contributed by atoms with E-state index in [2.05, 4.69) is 10.6 Å². The van der Waals surface area contributed by atoms with E-state index < -0.39 is 11.8 Å². The minimum absolute atomic E-state index is 0.132. The third-order valence-electron chi connectivity index (χ3n) is 3.12. The van der Waals surface area contributed by atoms with Crippen LogP contribution in [0.3, 0.4) is 0 Å². The second kappa shape index (κ2) is 9.33. The van der Waals surface area contributed by atoms with Crippen LogP contribution in [0.1, 0.15) is 0 Å². The molecule has 27 heavy (non-hydrogen) atoms. The average molecular weight is 447 g/mol. The number of rotatable bonds is 5. The Morgan fingerprint density at radius 3 is 1.37 bits per heavy atom. The topological polar surface area (TPSA) is 61.4 Å². The van der Waals surface area contributed by atoms with Crippen molar-refractivity contribution in [3.8, 4) is 0 Å². The number of anilines is 2. The molecular formula is C18H15Cl4N3O2. The first-order valence-corrected chi connectivity index (χ1v) is 9.08. The number of hydrogen-bond donors (Lipinski definition) is 2. The molecule has 0 bridgehead atoms. The minimum atomic E-state index is -0.632. The molecule has 0 saturated carbocycles. The van der Waals surface area contributed by atoms with Crippen LogP contribution in [0.4, 0.5) is 11.4 Å². The molecular weight excluding hydrogens is 432 g/mol. The predicted molar refractivity (Wildman–Crippen MR) is 112 cm³/mol. The number of hydrogen-bond acceptors (Lipinski definition) is 3. The van der Waals surface area contributed by atoms with E-state index in [1.54, 1.807) is 19.0 Å². The predicted octanol–water partition coefficient (Wildman–Crippen LogP) is 5.32. The highest BCUT2D eigenvalue weighted by Gasteiger charge is 2.20. The van der Waals surface area contributed by atoms with Crippen LogP contribution in [0.2, 0.25) is 20.1 Å². The lowest BCUT2D eigenvalue weighted by molar-refractivity contribution is -0.118. The van der Waals surface area contributed by atoms with E-state index in [0.29, 0.717) is 31.5 Å². The van der Waals surface area contributed by atoms with Crippen LogP contribution in [0.25, 0.3) is 0 Å². The molecule has 9 heteroatoms. The van der Waals surface area contributed by atoms with Crippen molar-refractivity contribution in [1.29, 1.82) is 0 Å². The van der Waals surface area contributed by atoms with Crippen LogP contribution in [0, 0.1) is 0 Å². The van der Waals surface area contributed by atoms with Crippen LogP contribution < -0.4 is 10.6 Å². The molecule has 0 aromatic heterocycles. The van der Waals surface area contributed by atoms with Crippen LogP contribution >= 0.6 is 46.4 Å². The van der Waals surface area contributed by atoms with Gasteiger partial charge in [0.2, 0.25) is 0 Å². The molecule has 2 N–H and O–H groups in total. The minimum Gasteiger partial charge on any atom is -0.383 e. The highest BCUT2D eigenvalue weighted by molar-refractivity contribution is 6.36. The molecule has 0 unspecified atom stereocenters. The van der Waals surface area contributed by atoms with E-state index in [9.17, 15) is 9.59 Å². The van der Waals surface area contributed by atoms with Gasteiger partial charge in [0.05, 0.1) is 0 Å². The van der Waals surface area contributed by atoms with Crippen molar-refractivity contribution in [2.45, 2.75) is 0 Å². The van der Waals surface area contributed by atoms with Gasteiger partial charge >= 0.3 is 0 Å². The fourth-order valence-electron chi connectivity index (χ4n) is 2.13. The van der Waals surface area contributed by atoms with E-state index in [1.807, 2.05) is 0 Å². The third kappa shape index (κ3) is 6.63. The molecule has 0 spiro atoms. The smallest absolute Gasteiger partial charge is 0.262 e. The summed E-state index contributed by atoms with van der Waals surface area (Å²) < 4.78 is 0. The van der Waals surface area contributed by atoms with Gasteiger partial charge in [-0.05, 0) is 36.4 Å². The van der Waals surface area contributed by atoms with Gasteiger partial charge in [-0.3, -0.25) is 9.59 Å². The second-order valence-corrected chi connectivity index (χ2v) is 7.48. The quantitative estimate of drug-likeness (QED) is 0.371. The molecule has 5 nitrogen and oxygen atoms in total. The highest BCUT2D eigenvalue weighted by Crippen LogP contribution is 2.24. The molecule has 0 aliphatic carbocycles. The zero-order valence-corrected chi connectivity index (χ0v) is 17.3. The van der Waals surface area contributed by atoms with Crippen molar-refractivity contribution < 1.29 is 9.59 Å². The lowest BCUT2D eigenvalue weighted by Crippen LogP contribution is -2.27. The SMILES string of the molecule is CN(C)C=C(C(=O)Nc1cc(Cl)cc(Cl)c1)C(=O)Nc1cc(Cl)cc(Cl)c1. The van der Waals surface area contributed by atoms with Crippen LogP contribution in [0.15, 0.2) is 48.2 Å². The standard InChI is InChI=1S/C18H15Cl4N3O2/c1-25(2)9-16(17(26)23-14-5-10(19)3-11(20)6-14)18(27)24-15-7-12(21)4-13(22)8-15/h3-9H,1-2H3,(H,23,26)(H,24,27). The Balaban J connectivity index is 2.25. The maximum Gasteiger partial charge on any atom is 0.262 e. The number of nitrogens with zero attached hydrogens (tertiary/aromatic N) is 1. The number of carbonyl (C=O) groups excluding carboxylic acids is 2. The van der Waals surface area contributed by atoms with Gasteiger partial charge in [0.15, 0.2) is 0 Å². The number of amides is 2. The Morgan fingerprint density at radius 1 is 0.741 bits per heavy atom. The van der Waals surface area contributed by atoms with Gasteiger partial charge in [-0.25, -0.2) is 0 Å². The number of halogens is 4.